The first-order valence-corrected chi connectivity index (χ1v) is 5.74. The fourth-order valence-electron chi connectivity index (χ4n) is 1.82. The Balaban J connectivity index is 2.71. The molecule has 0 bridgehead atoms. The molecular weight excluding hydrogens is 234 g/mol. The summed E-state index contributed by atoms with van der Waals surface area (Å²) in [5.41, 5.74) is 0.275. The topological polar surface area (TPSA) is 82.7 Å². The lowest BCUT2D eigenvalue weighted by Crippen LogP contribution is -2.18. The van der Waals surface area contributed by atoms with Gasteiger partial charge in [0.05, 0.1) is 10.9 Å². The van der Waals surface area contributed by atoms with Crippen molar-refractivity contribution in [2.45, 2.75) is 20.4 Å². The van der Waals surface area contributed by atoms with Crippen LogP contribution in [0, 0.1) is 6.92 Å². The van der Waals surface area contributed by atoms with Gasteiger partial charge < -0.3 is 19.9 Å². The van der Waals surface area contributed by atoms with Crippen LogP contribution >= 0.6 is 0 Å². The minimum absolute atomic E-state index is 0.0319. The molecule has 5 nitrogen and oxygen atoms in total. The number of phenols is 1. The second-order valence-corrected chi connectivity index (χ2v) is 4.08. The molecule has 0 saturated carbocycles. The number of aromatic hydroxyl groups is 2. The summed E-state index contributed by atoms with van der Waals surface area (Å²) in [5.74, 6) is -0.0604. The van der Waals surface area contributed by atoms with Crippen LogP contribution in [0.15, 0.2) is 21.3 Å². The minimum Gasteiger partial charge on any atom is -0.508 e. The smallest absolute Gasteiger partial charge is 0.344 e. The Hall–Kier alpha value is -2.01. The number of rotatable bonds is 3. The van der Waals surface area contributed by atoms with Gasteiger partial charge in [0.15, 0.2) is 0 Å². The number of phenolic OH excluding ortho intramolecular Hbond substituents is 1. The quantitative estimate of drug-likeness (QED) is 0.720. The lowest BCUT2D eigenvalue weighted by molar-refractivity contribution is 0.447. The highest BCUT2D eigenvalue weighted by atomic mass is 16.4. The van der Waals surface area contributed by atoms with E-state index in [4.69, 9.17) is 4.42 Å². The Morgan fingerprint density at radius 3 is 2.72 bits per heavy atom. The number of hydrogen-bond donors (Lipinski definition) is 3. The highest BCUT2D eigenvalue weighted by Crippen LogP contribution is 2.32. The summed E-state index contributed by atoms with van der Waals surface area (Å²) in [6.45, 7) is 4.47. The number of fused-ring (bicyclic) bond motifs is 1. The number of benzene rings is 1. The highest BCUT2D eigenvalue weighted by Gasteiger charge is 2.15. The molecule has 1 aromatic carbocycles. The van der Waals surface area contributed by atoms with Crippen molar-refractivity contribution in [3.63, 3.8) is 0 Å². The van der Waals surface area contributed by atoms with Crippen LogP contribution in [0.2, 0.25) is 0 Å². The van der Waals surface area contributed by atoms with Crippen LogP contribution in [-0.4, -0.2) is 16.8 Å². The van der Waals surface area contributed by atoms with Gasteiger partial charge in [0, 0.05) is 12.1 Å². The van der Waals surface area contributed by atoms with E-state index in [0.29, 0.717) is 17.5 Å². The molecule has 2 rings (SSSR count). The molecular formula is C13H15NO4. The number of aryl methyl sites for hydroxylation is 1. The SMILES string of the molecule is CCNCc1c(O)c2ccc(O)c(C)c2oc1=O. The van der Waals surface area contributed by atoms with E-state index in [1.54, 1.807) is 6.92 Å². The van der Waals surface area contributed by atoms with E-state index in [1.807, 2.05) is 6.92 Å². The number of hydrogen-bond acceptors (Lipinski definition) is 5. The molecule has 0 fully saturated rings. The first-order valence-electron chi connectivity index (χ1n) is 5.74. The summed E-state index contributed by atoms with van der Waals surface area (Å²) in [5, 5.41) is 23.0. The van der Waals surface area contributed by atoms with Crippen molar-refractivity contribution in [1.82, 2.24) is 5.32 Å². The highest BCUT2D eigenvalue weighted by molar-refractivity contribution is 5.87. The van der Waals surface area contributed by atoms with Gasteiger partial charge in [-0.3, -0.25) is 0 Å². The third-order valence-electron chi connectivity index (χ3n) is 2.91. The lowest BCUT2D eigenvalue weighted by Gasteiger charge is -2.08. The van der Waals surface area contributed by atoms with Gasteiger partial charge in [-0.05, 0) is 25.6 Å². The van der Waals surface area contributed by atoms with Crippen LogP contribution in [0.3, 0.4) is 0 Å². The summed E-state index contributed by atoms with van der Waals surface area (Å²) in [6, 6.07) is 3.00. The van der Waals surface area contributed by atoms with Gasteiger partial charge in [-0.2, -0.15) is 0 Å². The molecule has 0 unspecified atom stereocenters. The third-order valence-corrected chi connectivity index (χ3v) is 2.91. The van der Waals surface area contributed by atoms with Gasteiger partial charge >= 0.3 is 5.63 Å². The van der Waals surface area contributed by atoms with Gasteiger partial charge in [-0.15, -0.1) is 0 Å². The van der Waals surface area contributed by atoms with Crippen LogP contribution in [-0.2, 0) is 6.54 Å². The molecule has 2 aromatic rings. The summed E-state index contributed by atoms with van der Waals surface area (Å²) in [4.78, 5) is 11.8. The zero-order valence-corrected chi connectivity index (χ0v) is 10.3. The van der Waals surface area contributed by atoms with Crippen LogP contribution in [0.5, 0.6) is 11.5 Å². The summed E-state index contributed by atoms with van der Waals surface area (Å²) >= 11 is 0. The molecule has 18 heavy (non-hydrogen) atoms. The van der Waals surface area contributed by atoms with E-state index in [1.165, 1.54) is 12.1 Å². The van der Waals surface area contributed by atoms with Crippen molar-refractivity contribution < 1.29 is 14.6 Å². The van der Waals surface area contributed by atoms with Crippen molar-refractivity contribution in [3.8, 4) is 11.5 Å². The van der Waals surface area contributed by atoms with Crippen molar-refractivity contribution in [2.24, 2.45) is 0 Å². The average molecular weight is 249 g/mol. The molecule has 0 aliphatic carbocycles. The van der Waals surface area contributed by atoms with Crippen molar-refractivity contribution in [1.29, 1.82) is 0 Å². The second kappa shape index (κ2) is 4.70. The van der Waals surface area contributed by atoms with Crippen LogP contribution in [0.25, 0.3) is 11.0 Å². The third kappa shape index (κ3) is 1.93. The maximum absolute atomic E-state index is 11.8. The van der Waals surface area contributed by atoms with E-state index in [2.05, 4.69) is 5.32 Å². The van der Waals surface area contributed by atoms with Gasteiger partial charge in [0.2, 0.25) is 0 Å². The Labute approximate surface area is 104 Å². The van der Waals surface area contributed by atoms with E-state index in [9.17, 15) is 15.0 Å². The maximum atomic E-state index is 11.8. The summed E-state index contributed by atoms with van der Waals surface area (Å²) < 4.78 is 5.17. The molecule has 1 heterocycles. The Kier molecular flexibility index (Phi) is 3.25. The summed E-state index contributed by atoms with van der Waals surface area (Å²) in [6.07, 6.45) is 0. The zero-order valence-electron chi connectivity index (χ0n) is 10.3. The monoisotopic (exact) mass is 249 g/mol. The predicted octanol–water partition coefficient (Wildman–Crippen LogP) is 1.62. The number of nitrogens with one attached hydrogen (secondary N) is 1. The maximum Gasteiger partial charge on any atom is 0.344 e. The summed E-state index contributed by atoms with van der Waals surface area (Å²) in [7, 11) is 0. The fraction of sp³-hybridized carbons (Fsp3) is 0.308. The molecule has 0 aliphatic rings. The molecule has 0 atom stereocenters. The van der Waals surface area contributed by atoms with E-state index < -0.39 is 5.63 Å². The Bertz CT molecular complexity index is 645. The van der Waals surface area contributed by atoms with Gasteiger partial charge in [-0.1, -0.05) is 6.92 Å². The predicted molar refractivity (Wildman–Crippen MR) is 67.9 cm³/mol. The molecule has 96 valence electrons. The van der Waals surface area contributed by atoms with E-state index in [-0.39, 0.29) is 29.2 Å². The molecule has 3 N–H and O–H groups in total. The van der Waals surface area contributed by atoms with Gasteiger partial charge in [-0.25, -0.2) is 4.79 Å². The van der Waals surface area contributed by atoms with E-state index in [0.717, 1.165) is 0 Å². The van der Waals surface area contributed by atoms with Gasteiger partial charge in [0.25, 0.3) is 0 Å². The fourth-order valence-corrected chi connectivity index (χ4v) is 1.82. The van der Waals surface area contributed by atoms with Crippen molar-refractivity contribution in [2.75, 3.05) is 6.54 Å². The largest absolute Gasteiger partial charge is 0.508 e. The molecule has 0 radical (unpaired) electrons. The van der Waals surface area contributed by atoms with Crippen LogP contribution in [0.4, 0.5) is 0 Å². The Morgan fingerprint density at radius 1 is 1.33 bits per heavy atom. The van der Waals surface area contributed by atoms with Crippen molar-refractivity contribution in [3.05, 3.63) is 33.7 Å². The molecule has 0 amide bonds. The van der Waals surface area contributed by atoms with Crippen LogP contribution in [0.1, 0.15) is 18.1 Å². The lowest BCUT2D eigenvalue weighted by atomic mass is 10.1. The first kappa shape index (κ1) is 12.4. The zero-order chi connectivity index (χ0) is 13.3. The second-order valence-electron chi connectivity index (χ2n) is 4.08. The molecule has 0 saturated heterocycles. The van der Waals surface area contributed by atoms with Crippen molar-refractivity contribution >= 4 is 11.0 Å². The Morgan fingerprint density at radius 2 is 2.06 bits per heavy atom. The molecule has 0 aliphatic heterocycles. The minimum atomic E-state index is -0.588. The first-order chi connectivity index (χ1) is 8.56. The van der Waals surface area contributed by atoms with Gasteiger partial charge in [0.1, 0.15) is 17.1 Å². The van der Waals surface area contributed by atoms with E-state index >= 15 is 0 Å². The average Bonchev–Trinajstić information content (AvgIpc) is 2.34. The normalized spacial score (nSPS) is 11.0. The molecule has 5 heteroatoms. The van der Waals surface area contributed by atoms with Crippen LogP contribution < -0.4 is 10.9 Å². The standard InChI is InChI=1S/C13H15NO4/c1-3-14-6-9-11(16)8-4-5-10(15)7(2)12(8)18-13(9)17/h4-5,14-16H,3,6H2,1-2H3. The molecule has 0 spiro atoms. The molecule has 1 aromatic heterocycles.